The highest BCUT2D eigenvalue weighted by molar-refractivity contribution is 8.00. The van der Waals surface area contributed by atoms with Crippen molar-refractivity contribution < 1.29 is 0 Å². The maximum Gasteiger partial charge on any atom is 0.0455 e. The monoisotopic (exact) mass is 264 g/mol. The van der Waals surface area contributed by atoms with Crippen LogP contribution in [0.3, 0.4) is 0 Å². The van der Waals surface area contributed by atoms with Gasteiger partial charge in [-0.05, 0) is 31.7 Å². The van der Waals surface area contributed by atoms with E-state index in [1.807, 2.05) is 11.8 Å². The average molecular weight is 264 g/mol. The SMILES string of the molecule is Cc1ccc(CN(C)C2(CN)CCSC2C)cc1. The van der Waals surface area contributed by atoms with E-state index in [9.17, 15) is 0 Å². The number of aryl methyl sites for hydroxylation is 1. The molecule has 2 unspecified atom stereocenters. The number of hydrogen-bond donors (Lipinski definition) is 1. The van der Waals surface area contributed by atoms with Crippen LogP contribution in [0.2, 0.25) is 0 Å². The number of thioether (sulfide) groups is 1. The van der Waals surface area contributed by atoms with Crippen molar-refractivity contribution in [2.45, 2.75) is 37.6 Å². The van der Waals surface area contributed by atoms with Crippen molar-refractivity contribution in [1.82, 2.24) is 4.90 Å². The Morgan fingerprint density at radius 2 is 2.06 bits per heavy atom. The van der Waals surface area contributed by atoms with Crippen LogP contribution in [0, 0.1) is 6.92 Å². The van der Waals surface area contributed by atoms with Gasteiger partial charge in [0.2, 0.25) is 0 Å². The van der Waals surface area contributed by atoms with E-state index in [4.69, 9.17) is 5.73 Å². The minimum atomic E-state index is 0.176. The van der Waals surface area contributed by atoms with Gasteiger partial charge < -0.3 is 5.73 Å². The topological polar surface area (TPSA) is 29.3 Å². The molecule has 0 aromatic heterocycles. The quantitative estimate of drug-likeness (QED) is 0.906. The fraction of sp³-hybridized carbons (Fsp3) is 0.600. The third-order valence-corrected chi connectivity index (χ3v) is 5.69. The lowest BCUT2D eigenvalue weighted by Gasteiger charge is -2.41. The second-order valence-electron chi connectivity index (χ2n) is 5.41. The predicted octanol–water partition coefficient (Wildman–Crippen LogP) is 2.65. The van der Waals surface area contributed by atoms with Crippen molar-refractivity contribution in [3.8, 4) is 0 Å². The Hall–Kier alpha value is -0.510. The minimum absolute atomic E-state index is 0.176. The molecule has 2 nitrogen and oxygen atoms in total. The Morgan fingerprint density at radius 1 is 1.39 bits per heavy atom. The van der Waals surface area contributed by atoms with E-state index in [0.29, 0.717) is 5.25 Å². The normalized spacial score (nSPS) is 27.9. The zero-order valence-corrected chi connectivity index (χ0v) is 12.5. The first-order valence-corrected chi connectivity index (χ1v) is 7.72. The molecule has 0 aliphatic carbocycles. The summed E-state index contributed by atoms with van der Waals surface area (Å²) in [6, 6.07) is 8.82. The maximum atomic E-state index is 6.08. The lowest BCUT2D eigenvalue weighted by Crippen LogP contribution is -2.55. The largest absolute Gasteiger partial charge is 0.329 e. The molecule has 100 valence electrons. The number of benzene rings is 1. The van der Waals surface area contributed by atoms with Crippen LogP contribution in [-0.4, -0.2) is 35.0 Å². The van der Waals surface area contributed by atoms with Crippen molar-refractivity contribution in [3.05, 3.63) is 35.4 Å². The Morgan fingerprint density at radius 3 is 2.56 bits per heavy atom. The van der Waals surface area contributed by atoms with E-state index < -0.39 is 0 Å². The summed E-state index contributed by atoms with van der Waals surface area (Å²) in [5.41, 5.74) is 8.95. The molecule has 1 aromatic rings. The van der Waals surface area contributed by atoms with E-state index in [-0.39, 0.29) is 5.54 Å². The third-order valence-electron chi connectivity index (χ3n) is 4.31. The van der Waals surface area contributed by atoms with Crippen molar-refractivity contribution in [2.24, 2.45) is 5.73 Å². The number of rotatable bonds is 4. The molecule has 3 heteroatoms. The van der Waals surface area contributed by atoms with Gasteiger partial charge in [0.15, 0.2) is 0 Å². The molecule has 0 spiro atoms. The molecule has 1 aliphatic rings. The van der Waals surface area contributed by atoms with Crippen LogP contribution in [0.4, 0.5) is 0 Å². The maximum absolute atomic E-state index is 6.08. The van der Waals surface area contributed by atoms with Crippen LogP contribution in [-0.2, 0) is 6.54 Å². The van der Waals surface area contributed by atoms with E-state index in [1.54, 1.807) is 0 Å². The highest BCUT2D eigenvalue weighted by Crippen LogP contribution is 2.39. The molecule has 2 rings (SSSR count). The Kier molecular flexibility index (Phi) is 4.36. The molecule has 2 atom stereocenters. The Labute approximate surface area is 115 Å². The summed E-state index contributed by atoms with van der Waals surface area (Å²) in [6.45, 7) is 6.19. The van der Waals surface area contributed by atoms with Crippen molar-refractivity contribution in [1.29, 1.82) is 0 Å². The first kappa shape index (κ1) is 13.9. The number of nitrogens with zero attached hydrogens (tertiary/aromatic N) is 1. The first-order valence-electron chi connectivity index (χ1n) is 6.67. The molecule has 18 heavy (non-hydrogen) atoms. The van der Waals surface area contributed by atoms with Crippen molar-refractivity contribution in [2.75, 3.05) is 19.3 Å². The molecular formula is C15H24N2S. The van der Waals surface area contributed by atoms with Gasteiger partial charge >= 0.3 is 0 Å². The van der Waals surface area contributed by atoms with Crippen LogP contribution in [0.1, 0.15) is 24.5 Å². The summed E-state index contributed by atoms with van der Waals surface area (Å²) >= 11 is 2.05. The number of nitrogens with two attached hydrogens (primary N) is 1. The lowest BCUT2D eigenvalue weighted by atomic mass is 9.90. The zero-order valence-electron chi connectivity index (χ0n) is 11.6. The predicted molar refractivity (Wildman–Crippen MR) is 81.0 cm³/mol. The molecule has 0 radical (unpaired) electrons. The Bertz CT molecular complexity index is 390. The molecule has 0 saturated carbocycles. The van der Waals surface area contributed by atoms with Crippen molar-refractivity contribution >= 4 is 11.8 Å². The highest BCUT2D eigenvalue weighted by Gasteiger charge is 2.42. The molecule has 1 saturated heterocycles. The van der Waals surface area contributed by atoms with Crippen LogP contribution in [0.5, 0.6) is 0 Å². The molecule has 0 bridgehead atoms. The molecule has 1 aromatic carbocycles. The van der Waals surface area contributed by atoms with Gasteiger partial charge in [-0.1, -0.05) is 36.8 Å². The van der Waals surface area contributed by atoms with E-state index in [1.165, 1.54) is 23.3 Å². The second-order valence-corrected chi connectivity index (χ2v) is 6.86. The van der Waals surface area contributed by atoms with E-state index >= 15 is 0 Å². The molecule has 1 heterocycles. The first-order chi connectivity index (χ1) is 8.58. The molecule has 2 N–H and O–H groups in total. The minimum Gasteiger partial charge on any atom is -0.329 e. The summed E-state index contributed by atoms with van der Waals surface area (Å²) in [4.78, 5) is 2.46. The molecule has 1 fully saturated rings. The standard InChI is InChI=1S/C15H24N2S/c1-12-4-6-14(7-5-12)10-17(3)15(11-16)8-9-18-13(15)2/h4-7,13H,8-11,16H2,1-3H3. The van der Waals surface area contributed by atoms with Gasteiger partial charge in [-0.15, -0.1) is 0 Å². The zero-order chi connectivity index (χ0) is 13.2. The summed E-state index contributed by atoms with van der Waals surface area (Å²) < 4.78 is 0. The Balaban J connectivity index is 2.10. The van der Waals surface area contributed by atoms with E-state index in [0.717, 1.165) is 13.1 Å². The smallest absolute Gasteiger partial charge is 0.0455 e. The van der Waals surface area contributed by atoms with Gasteiger partial charge in [-0.3, -0.25) is 4.90 Å². The third kappa shape index (κ3) is 2.58. The van der Waals surface area contributed by atoms with Gasteiger partial charge in [0.05, 0.1) is 0 Å². The molecular weight excluding hydrogens is 240 g/mol. The second kappa shape index (κ2) is 5.64. The van der Waals surface area contributed by atoms with Gasteiger partial charge in [-0.2, -0.15) is 11.8 Å². The van der Waals surface area contributed by atoms with Crippen LogP contribution < -0.4 is 5.73 Å². The summed E-state index contributed by atoms with van der Waals surface area (Å²) in [5, 5.41) is 0.623. The van der Waals surface area contributed by atoms with Gasteiger partial charge in [0.1, 0.15) is 0 Å². The van der Waals surface area contributed by atoms with Gasteiger partial charge in [0.25, 0.3) is 0 Å². The van der Waals surface area contributed by atoms with Gasteiger partial charge in [-0.25, -0.2) is 0 Å². The highest BCUT2D eigenvalue weighted by atomic mass is 32.2. The van der Waals surface area contributed by atoms with E-state index in [2.05, 4.69) is 50.1 Å². The average Bonchev–Trinajstić information content (AvgIpc) is 2.74. The fourth-order valence-electron chi connectivity index (χ4n) is 2.82. The van der Waals surface area contributed by atoms with Crippen molar-refractivity contribution in [3.63, 3.8) is 0 Å². The summed E-state index contributed by atoms with van der Waals surface area (Å²) in [7, 11) is 2.22. The number of hydrogen-bond acceptors (Lipinski definition) is 3. The molecule has 0 amide bonds. The number of likely N-dealkylation sites (N-methyl/N-ethyl adjacent to an activating group) is 1. The van der Waals surface area contributed by atoms with Crippen LogP contribution >= 0.6 is 11.8 Å². The van der Waals surface area contributed by atoms with Gasteiger partial charge in [0, 0.05) is 23.9 Å². The summed E-state index contributed by atoms with van der Waals surface area (Å²) in [5.74, 6) is 1.23. The van der Waals surface area contributed by atoms with Crippen LogP contribution in [0.15, 0.2) is 24.3 Å². The molecule has 1 aliphatic heterocycles. The lowest BCUT2D eigenvalue weighted by molar-refractivity contribution is 0.122. The van der Waals surface area contributed by atoms with Crippen LogP contribution in [0.25, 0.3) is 0 Å². The fourth-order valence-corrected chi connectivity index (χ4v) is 4.35. The summed E-state index contributed by atoms with van der Waals surface area (Å²) in [6.07, 6.45) is 1.21.